The summed E-state index contributed by atoms with van der Waals surface area (Å²) in [5.74, 6) is -0.0990. The second kappa shape index (κ2) is 8.56. The van der Waals surface area contributed by atoms with E-state index in [0.29, 0.717) is 18.9 Å². The van der Waals surface area contributed by atoms with Crippen LogP contribution in [0.3, 0.4) is 0 Å². The second-order valence-electron chi connectivity index (χ2n) is 7.32. The number of halogens is 3. The fourth-order valence-electron chi connectivity index (χ4n) is 3.02. The molecular weight excluding hydrogens is 385 g/mol. The van der Waals surface area contributed by atoms with Crippen LogP contribution in [0.5, 0.6) is 0 Å². The van der Waals surface area contributed by atoms with Crippen molar-refractivity contribution in [2.24, 2.45) is 0 Å². The van der Waals surface area contributed by atoms with Gasteiger partial charge in [-0.2, -0.15) is 23.3 Å². The van der Waals surface area contributed by atoms with E-state index < -0.39 is 11.7 Å². The molecule has 1 saturated heterocycles. The monoisotopic (exact) mass is 412 g/mol. The van der Waals surface area contributed by atoms with Crippen molar-refractivity contribution in [2.75, 3.05) is 23.8 Å². The molecule has 7 nitrogen and oxygen atoms in total. The molecule has 0 amide bonds. The van der Waals surface area contributed by atoms with Gasteiger partial charge in [0.1, 0.15) is 11.4 Å². The number of nitrogens with one attached hydrogen (secondary N) is 2. The minimum Gasteiger partial charge on any atom is -0.381 e. The van der Waals surface area contributed by atoms with E-state index in [-0.39, 0.29) is 23.3 Å². The molecule has 0 atom stereocenters. The molecule has 0 radical (unpaired) electrons. The first-order valence-electron chi connectivity index (χ1n) is 9.94. The number of anilines is 3. The van der Waals surface area contributed by atoms with E-state index in [4.69, 9.17) is 4.74 Å². The Morgan fingerprint density at radius 3 is 2.48 bits per heavy atom. The molecule has 29 heavy (non-hydrogen) atoms. The molecule has 1 aliphatic heterocycles. The summed E-state index contributed by atoms with van der Waals surface area (Å²) < 4.78 is 47.2. The highest BCUT2D eigenvalue weighted by Gasteiger charge is 2.39. The molecule has 10 heteroatoms. The zero-order valence-electron chi connectivity index (χ0n) is 16.9. The Hall–Kier alpha value is -2.36. The van der Waals surface area contributed by atoms with Crippen LogP contribution in [0.2, 0.25) is 0 Å². The van der Waals surface area contributed by atoms with Gasteiger partial charge in [0.15, 0.2) is 0 Å². The van der Waals surface area contributed by atoms with Gasteiger partial charge < -0.3 is 15.4 Å². The van der Waals surface area contributed by atoms with Crippen molar-refractivity contribution in [1.82, 2.24) is 19.7 Å². The van der Waals surface area contributed by atoms with E-state index in [1.54, 1.807) is 10.9 Å². The molecule has 3 heterocycles. The molecule has 2 aromatic rings. The molecule has 4 rings (SSSR count). The minimum atomic E-state index is -4.55. The lowest BCUT2D eigenvalue weighted by atomic mass is 10.1. The molecule has 2 aliphatic rings. The van der Waals surface area contributed by atoms with Gasteiger partial charge in [0.05, 0.1) is 17.9 Å². The topological polar surface area (TPSA) is 76.9 Å². The van der Waals surface area contributed by atoms with Crippen molar-refractivity contribution in [3.8, 4) is 0 Å². The second-order valence-corrected chi connectivity index (χ2v) is 7.32. The molecular formula is C19H27F3N6O. The molecule has 0 aromatic carbocycles. The highest BCUT2D eigenvalue weighted by Crippen LogP contribution is 2.39. The number of ether oxygens (including phenoxy) is 1. The fourth-order valence-corrected chi connectivity index (χ4v) is 3.02. The van der Waals surface area contributed by atoms with Crippen LogP contribution in [0.4, 0.5) is 30.6 Å². The normalized spacial score (nSPS) is 18.6. The summed E-state index contributed by atoms with van der Waals surface area (Å²) in [6.07, 6.45) is 3.01. The number of rotatable bonds is 5. The molecule has 0 spiro atoms. The summed E-state index contributed by atoms with van der Waals surface area (Å²) in [5, 5.41) is 10.1. The number of nitrogens with zero attached hydrogens (tertiary/aromatic N) is 4. The summed E-state index contributed by atoms with van der Waals surface area (Å²) in [6.45, 7) is 7.30. The Kier molecular flexibility index (Phi) is 6.30. The maximum Gasteiger partial charge on any atom is 0.421 e. The van der Waals surface area contributed by atoms with Gasteiger partial charge >= 0.3 is 6.18 Å². The van der Waals surface area contributed by atoms with Crippen molar-refractivity contribution in [3.05, 3.63) is 24.2 Å². The number of hydrogen-bond acceptors (Lipinski definition) is 6. The van der Waals surface area contributed by atoms with Crippen molar-refractivity contribution < 1.29 is 17.9 Å². The average Bonchev–Trinajstić information content (AvgIpc) is 3.24. The van der Waals surface area contributed by atoms with Crippen LogP contribution in [-0.4, -0.2) is 38.5 Å². The highest BCUT2D eigenvalue weighted by molar-refractivity contribution is 5.60. The fraction of sp³-hybridized carbons (Fsp3) is 0.632. The van der Waals surface area contributed by atoms with Crippen LogP contribution < -0.4 is 10.6 Å². The predicted molar refractivity (Wildman–Crippen MR) is 104 cm³/mol. The highest BCUT2D eigenvalue weighted by atomic mass is 19.4. The molecule has 1 saturated carbocycles. The molecule has 2 fully saturated rings. The van der Waals surface area contributed by atoms with Crippen molar-refractivity contribution in [1.29, 1.82) is 0 Å². The number of alkyl halides is 3. The molecule has 0 unspecified atom stereocenters. The van der Waals surface area contributed by atoms with Gasteiger partial charge in [-0.3, -0.25) is 4.68 Å². The summed E-state index contributed by atoms with van der Waals surface area (Å²) in [6, 6.07) is 0.189. The molecule has 2 aromatic heterocycles. The van der Waals surface area contributed by atoms with Crippen LogP contribution in [0, 0.1) is 0 Å². The van der Waals surface area contributed by atoms with Gasteiger partial charge in [0.25, 0.3) is 0 Å². The van der Waals surface area contributed by atoms with Gasteiger partial charge in [-0.25, -0.2) is 4.98 Å². The van der Waals surface area contributed by atoms with Crippen LogP contribution in [-0.2, 0) is 10.9 Å². The number of aromatic nitrogens is 4. The summed E-state index contributed by atoms with van der Waals surface area (Å²) in [5.41, 5.74) is -0.590. The van der Waals surface area contributed by atoms with Gasteiger partial charge in [0.2, 0.25) is 5.95 Å². The first-order valence-corrected chi connectivity index (χ1v) is 9.94. The van der Waals surface area contributed by atoms with E-state index >= 15 is 0 Å². The van der Waals surface area contributed by atoms with E-state index in [2.05, 4.69) is 25.7 Å². The summed E-state index contributed by atoms with van der Waals surface area (Å²) in [4.78, 5) is 7.91. The lowest BCUT2D eigenvalue weighted by molar-refractivity contribution is -0.137. The molecule has 2 N–H and O–H groups in total. The quantitative estimate of drug-likeness (QED) is 0.736. The van der Waals surface area contributed by atoms with E-state index in [1.165, 1.54) is 6.20 Å². The Balaban J connectivity index is 0.00000117. The third-order valence-corrected chi connectivity index (χ3v) is 4.94. The SMILES string of the molecule is CC.CC1(Nc2ncc(C(F)(F)F)c(Nc3cnn(C4CCOCC4)c3)n2)CC1. The summed E-state index contributed by atoms with van der Waals surface area (Å²) in [7, 11) is 0. The Bertz CT molecular complexity index is 813. The summed E-state index contributed by atoms with van der Waals surface area (Å²) >= 11 is 0. The maximum absolute atomic E-state index is 13.4. The minimum absolute atomic E-state index is 0.134. The Morgan fingerprint density at radius 1 is 1.17 bits per heavy atom. The van der Waals surface area contributed by atoms with Gasteiger partial charge in [-0.05, 0) is 32.6 Å². The zero-order chi connectivity index (χ0) is 21.1. The van der Waals surface area contributed by atoms with Crippen molar-refractivity contribution in [2.45, 2.75) is 64.2 Å². The average molecular weight is 412 g/mol. The van der Waals surface area contributed by atoms with Crippen LogP contribution >= 0.6 is 0 Å². The first-order chi connectivity index (χ1) is 13.8. The first kappa shape index (κ1) is 21.4. The molecule has 1 aliphatic carbocycles. The Labute approximate surface area is 168 Å². The van der Waals surface area contributed by atoms with Gasteiger partial charge in [0, 0.05) is 31.1 Å². The van der Waals surface area contributed by atoms with Gasteiger partial charge in [-0.15, -0.1) is 0 Å². The van der Waals surface area contributed by atoms with E-state index in [9.17, 15) is 13.2 Å². The smallest absolute Gasteiger partial charge is 0.381 e. The number of hydrogen-bond donors (Lipinski definition) is 2. The predicted octanol–water partition coefficient (Wildman–Crippen LogP) is 4.78. The standard InChI is InChI=1S/C17H21F3N6O.C2H6/c1-16(4-5-16)25-15-21-9-13(17(18,19)20)14(24-15)23-11-8-22-26(10-11)12-2-6-27-7-3-12;1-2/h8-10,12H,2-7H2,1H3,(H2,21,23,24,25);1-2H3. The van der Waals surface area contributed by atoms with Crippen molar-refractivity contribution >= 4 is 17.5 Å². The lowest BCUT2D eigenvalue weighted by Crippen LogP contribution is -2.20. The van der Waals surface area contributed by atoms with E-state index in [0.717, 1.165) is 31.9 Å². The lowest BCUT2D eigenvalue weighted by Gasteiger charge is -2.22. The van der Waals surface area contributed by atoms with Crippen LogP contribution in [0.1, 0.15) is 58.1 Å². The Morgan fingerprint density at radius 2 is 1.86 bits per heavy atom. The van der Waals surface area contributed by atoms with Gasteiger partial charge in [-0.1, -0.05) is 13.8 Å². The van der Waals surface area contributed by atoms with Crippen molar-refractivity contribution in [3.63, 3.8) is 0 Å². The molecule has 0 bridgehead atoms. The third-order valence-electron chi connectivity index (χ3n) is 4.94. The zero-order valence-corrected chi connectivity index (χ0v) is 16.9. The van der Waals surface area contributed by atoms with Crippen LogP contribution in [0.15, 0.2) is 18.6 Å². The van der Waals surface area contributed by atoms with Crippen LogP contribution in [0.25, 0.3) is 0 Å². The maximum atomic E-state index is 13.4. The van der Waals surface area contributed by atoms with E-state index in [1.807, 2.05) is 20.8 Å². The largest absolute Gasteiger partial charge is 0.421 e. The molecule has 160 valence electrons. The third kappa shape index (κ3) is 5.37.